The Morgan fingerprint density at radius 1 is 1.23 bits per heavy atom. The summed E-state index contributed by atoms with van der Waals surface area (Å²) in [5.74, 6) is 0.365. The molecule has 0 spiro atoms. The number of aromatic amines is 1. The van der Waals surface area contributed by atoms with Crippen LogP contribution in [0.15, 0.2) is 35.1 Å². The fourth-order valence-corrected chi connectivity index (χ4v) is 3.16. The Kier molecular flexibility index (Phi) is 3.40. The highest BCUT2D eigenvalue weighted by Crippen LogP contribution is 2.44. The quantitative estimate of drug-likeness (QED) is 0.781. The van der Waals surface area contributed by atoms with E-state index in [4.69, 9.17) is 4.74 Å². The second kappa shape index (κ2) is 5.13. The van der Waals surface area contributed by atoms with Crippen LogP contribution >= 0.6 is 11.3 Å². The zero-order chi connectivity index (χ0) is 15.9. The van der Waals surface area contributed by atoms with Gasteiger partial charge >= 0.3 is 6.18 Å². The molecule has 0 radical (unpaired) electrons. The van der Waals surface area contributed by atoms with Gasteiger partial charge in [0.05, 0.1) is 17.5 Å². The second-order valence-corrected chi connectivity index (χ2v) is 5.53. The highest BCUT2D eigenvalue weighted by molar-refractivity contribution is 7.19. The fraction of sp³-hybridized carbons (Fsp3) is 0.143. The van der Waals surface area contributed by atoms with Gasteiger partial charge in [-0.1, -0.05) is 0 Å². The van der Waals surface area contributed by atoms with E-state index in [1.54, 1.807) is 12.1 Å². The maximum Gasteiger partial charge on any atom is 0.425 e. The van der Waals surface area contributed by atoms with Crippen LogP contribution in [-0.2, 0) is 6.18 Å². The van der Waals surface area contributed by atoms with Crippen LogP contribution in [0.1, 0.15) is 4.88 Å². The Bertz CT molecular complexity index is 879. The first-order valence-corrected chi connectivity index (χ1v) is 6.95. The largest absolute Gasteiger partial charge is 0.495 e. The normalized spacial score (nSPS) is 11.8. The highest BCUT2D eigenvalue weighted by atomic mass is 32.1. The summed E-state index contributed by atoms with van der Waals surface area (Å²) in [4.78, 5) is 10.4. The standard InChI is InChI=1S/C14H9F3N2O2S/c1-21-10-4-2-7(9-3-5-12(20)19-18-9)8-6-11(14(15,16)17)22-13(8)10/h2-6H,1H3,(H,19,20). The van der Waals surface area contributed by atoms with Crippen molar-refractivity contribution in [2.45, 2.75) is 6.18 Å². The molecule has 8 heteroatoms. The van der Waals surface area contributed by atoms with Crippen LogP contribution in [-0.4, -0.2) is 17.3 Å². The number of nitrogens with one attached hydrogen (secondary N) is 1. The molecular formula is C14H9F3N2O2S. The topological polar surface area (TPSA) is 55.0 Å². The van der Waals surface area contributed by atoms with E-state index in [1.807, 2.05) is 0 Å². The number of H-pyrrole nitrogens is 1. The summed E-state index contributed by atoms with van der Waals surface area (Å²) in [5, 5.41) is 6.53. The van der Waals surface area contributed by atoms with Gasteiger partial charge in [-0.05, 0) is 24.3 Å². The lowest BCUT2D eigenvalue weighted by Gasteiger charge is -2.05. The molecule has 1 N–H and O–H groups in total. The van der Waals surface area contributed by atoms with Crippen molar-refractivity contribution in [2.75, 3.05) is 7.11 Å². The van der Waals surface area contributed by atoms with E-state index < -0.39 is 11.1 Å². The van der Waals surface area contributed by atoms with Gasteiger partial charge in [-0.3, -0.25) is 4.79 Å². The van der Waals surface area contributed by atoms with Crippen molar-refractivity contribution in [1.82, 2.24) is 10.2 Å². The maximum absolute atomic E-state index is 13.0. The fourth-order valence-electron chi connectivity index (χ4n) is 2.12. The Hall–Kier alpha value is -2.35. The van der Waals surface area contributed by atoms with E-state index in [0.29, 0.717) is 38.4 Å². The molecule has 3 aromatic rings. The third-order valence-electron chi connectivity index (χ3n) is 3.10. The van der Waals surface area contributed by atoms with Crippen LogP contribution in [0.5, 0.6) is 5.75 Å². The number of aromatic nitrogens is 2. The van der Waals surface area contributed by atoms with Crippen molar-refractivity contribution in [1.29, 1.82) is 0 Å². The summed E-state index contributed by atoms with van der Waals surface area (Å²) < 4.78 is 44.4. The molecule has 0 amide bonds. The van der Waals surface area contributed by atoms with Gasteiger partial charge in [-0.15, -0.1) is 11.3 Å². The molecule has 3 rings (SSSR count). The van der Waals surface area contributed by atoms with E-state index >= 15 is 0 Å². The molecular weight excluding hydrogens is 317 g/mol. The average molecular weight is 326 g/mol. The molecule has 0 saturated heterocycles. The monoisotopic (exact) mass is 326 g/mol. The third kappa shape index (κ3) is 2.45. The number of ether oxygens (including phenoxy) is 1. The van der Waals surface area contributed by atoms with Crippen molar-refractivity contribution in [2.24, 2.45) is 0 Å². The molecule has 4 nitrogen and oxygen atoms in total. The summed E-state index contributed by atoms with van der Waals surface area (Å²) in [6, 6.07) is 7.01. The first kappa shape index (κ1) is 14.6. The van der Waals surface area contributed by atoms with Crippen LogP contribution in [0.25, 0.3) is 21.3 Å². The van der Waals surface area contributed by atoms with Gasteiger partial charge in [0.2, 0.25) is 0 Å². The van der Waals surface area contributed by atoms with Gasteiger partial charge in [0.15, 0.2) is 0 Å². The van der Waals surface area contributed by atoms with Crippen LogP contribution in [0.4, 0.5) is 13.2 Å². The number of hydrogen-bond acceptors (Lipinski definition) is 4. The van der Waals surface area contributed by atoms with Crippen molar-refractivity contribution in [3.8, 4) is 17.0 Å². The molecule has 0 aliphatic heterocycles. The predicted octanol–water partition coefficient (Wildman–Crippen LogP) is 3.68. The van der Waals surface area contributed by atoms with E-state index in [2.05, 4.69) is 10.2 Å². The predicted molar refractivity (Wildman–Crippen MR) is 77.2 cm³/mol. The van der Waals surface area contributed by atoms with E-state index in [-0.39, 0.29) is 5.56 Å². The summed E-state index contributed by atoms with van der Waals surface area (Å²) >= 11 is 0.618. The molecule has 0 saturated carbocycles. The van der Waals surface area contributed by atoms with Crippen molar-refractivity contribution < 1.29 is 17.9 Å². The summed E-state index contributed by atoms with van der Waals surface area (Å²) in [5.41, 5.74) is 0.507. The molecule has 2 aromatic heterocycles. The molecule has 0 aliphatic carbocycles. The Morgan fingerprint density at radius 2 is 2.00 bits per heavy atom. The first-order valence-electron chi connectivity index (χ1n) is 6.14. The first-order chi connectivity index (χ1) is 10.4. The third-order valence-corrected chi connectivity index (χ3v) is 4.30. The van der Waals surface area contributed by atoms with Crippen LogP contribution in [0.2, 0.25) is 0 Å². The number of fused-ring (bicyclic) bond motifs is 1. The minimum Gasteiger partial charge on any atom is -0.495 e. The van der Waals surface area contributed by atoms with Gasteiger partial charge < -0.3 is 4.74 Å². The molecule has 0 aliphatic rings. The van der Waals surface area contributed by atoms with Gasteiger partial charge in [-0.25, -0.2) is 5.10 Å². The van der Waals surface area contributed by atoms with Crippen LogP contribution in [0, 0.1) is 0 Å². The van der Waals surface area contributed by atoms with E-state index in [9.17, 15) is 18.0 Å². The minimum atomic E-state index is -4.43. The van der Waals surface area contributed by atoms with E-state index in [1.165, 1.54) is 19.2 Å². The van der Waals surface area contributed by atoms with Crippen molar-refractivity contribution >= 4 is 21.4 Å². The number of thiophene rings is 1. The summed E-state index contributed by atoms with van der Waals surface area (Å²) in [6.45, 7) is 0. The van der Waals surface area contributed by atoms with E-state index in [0.717, 1.165) is 6.07 Å². The highest BCUT2D eigenvalue weighted by Gasteiger charge is 2.33. The van der Waals surface area contributed by atoms with Crippen molar-refractivity contribution in [3.63, 3.8) is 0 Å². The number of halogens is 3. The molecule has 114 valence electrons. The lowest BCUT2D eigenvalue weighted by atomic mass is 10.1. The second-order valence-electron chi connectivity index (χ2n) is 4.47. The summed E-state index contributed by atoms with van der Waals surface area (Å²) in [6.07, 6.45) is -4.43. The lowest BCUT2D eigenvalue weighted by molar-refractivity contribution is -0.134. The van der Waals surface area contributed by atoms with Crippen molar-refractivity contribution in [3.05, 3.63) is 45.6 Å². The Labute approximate surface area is 126 Å². The molecule has 0 bridgehead atoms. The van der Waals surface area contributed by atoms with Gasteiger partial charge in [-0.2, -0.15) is 18.3 Å². The average Bonchev–Trinajstić information content (AvgIpc) is 2.92. The number of methoxy groups -OCH3 is 1. The smallest absolute Gasteiger partial charge is 0.425 e. The number of alkyl halides is 3. The molecule has 0 unspecified atom stereocenters. The van der Waals surface area contributed by atoms with Gasteiger partial charge in [0, 0.05) is 17.0 Å². The lowest BCUT2D eigenvalue weighted by Crippen LogP contribution is -2.05. The molecule has 0 fully saturated rings. The minimum absolute atomic E-state index is 0.365. The Morgan fingerprint density at radius 3 is 2.59 bits per heavy atom. The van der Waals surface area contributed by atoms with Crippen LogP contribution < -0.4 is 10.3 Å². The number of benzene rings is 1. The maximum atomic E-state index is 13.0. The zero-order valence-corrected chi connectivity index (χ0v) is 12.0. The zero-order valence-electron chi connectivity index (χ0n) is 11.2. The van der Waals surface area contributed by atoms with Crippen LogP contribution in [0.3, 0.4) is 0 Å². The SMILES string of the molecule is COc1ccc(-c2ccc(=O)[nH]n2)c2cc(C(F)(F)F)sc12. The molecule has 1 aromatic carbocycles. The number of rotatable bonds is 2. The molecule has 2 heterocycles. The number of hydrogen-bond donors (Lipinski definition) is 1. The Balaban J connectivity index is 2.29. The number of nitrogens with zero attached hydrogens (tertiary/aromatic N) is 1. The molecule has 0 atom stereocenters. The molecule has 22 heavy (non-hydrogen) atoms. The van der Waals surface area contributed by atoms with Gasteiger partial charge in [0.25, 0.3) is 5.56 Å². The summed E-state index contributed by atoms with van der Waals surface area (Å²) in [7, 11) is 1.40. The van der Waals surface area contributed by atoms with Gasteiger partial charge in [0.1, 0.15) is 10.6 Å².